The normalized spacial score (nSPS) is 14.4. The smallest absolute Gasteiger partial charge is 0.0892 e. The van der Waals surface area contributed by atoms with Gasteiger partial charge in [0.15, 0.2) is 0 Å². The van der Waals surface area contributed by atoms with Gasteiger partial charge in [-0.05, 0) is 30.5 Å². The number of nitrogens with zero attached hydrogens (tertiary/aromatic N) is 1. The highest BCUT2D eigenvalue weighted by atomic mass is 16.5. The summed E-state index contributed by atoms with van der Waals surface area (Å²) >= 11 is 0. The van der Waals surface area contributed by atoms with Gasteiger partial charge in [-0.25, -0.2) is 0 Å². The zero-order valence-corrected chi connectivity index (χ0v) is 11.6. The van der Waals surface area contributed by atoms with Crippen LogP contribution in [0.3, 0.4) is 0 Å². The number of benzene rings is 1. The maximum atomic E-state index is 5.72. The van der Waals surface area contributed by atoms with Crippen LogP contribution in [0.1, 0.15) is 29.8 Å². The Morgan fingerprint density at radius 3 is 2.55 bits per heavy atom. The molecule has 0 amide bonds. The number of hydrogen-bond donors (Lipinski definition) is 1. The van der Waals surface area contributed by atoms with Crippen LogP contribution in [0.25, 0.3) is 0 Å². The summed E-state index contributed by atoms with van der Waals surface area (Å²) in [6.45, 7) is 2.05. The fraction of sp³-hybridized carbons (Fsp3) is 0.353. The predicted octanol–water partition coefficient (Wildman–Crippen LogP) is 3.05. The second-order valence-corrected chi connectivity index (χ2v) is 5.25. The molecule has 2 aromatic rings. The minimum absolute atomic E-state index is 0.562. The molecule has 20 heavy (non-hydrogen) atoms. The van der Waals surface area contributed by atoms with Crippen LogP contribution in [-0.2, 0) is 24.5 Å². The average Bonchev–Trinajstić information content (AvgIpc) is 3.31. The Bertz CT molecular complexity index is 538. The lowest BCUT2D eigenvalue weighted by molar-refractivity contribution is 0.104. The van der Waals surface area contributed by atoms with Gasteiger partial charge in [-0.3, -0.25) is 4.98 Å². The number of pyridine rings is 1. The van der Waals surface area contributed by atoms with Gasteiger partial charge >= 0.3 is 0 Å². The third kappa shape index (κ3) is 4.15. The van der Waals surface area contributed by atoms with E-state index >= 15 is 0 Å². The highest BCUT2D eigenvalue weighted by molar-refractivity contribution is 5.14. The molecule has 1 aliphatic rings. The molecule has 1 aromatic heterocycles. The van der Waals surface area contributed by atoms with E-state index in [9.17, 15) is 0 Å². The first-order valence-electron chi connectivity index (χ1n) is 7.20. The zero-order valence-electron chi connectivity index (χ0n) is 11.6. The van der Waals surface area contributed by atoms with E-state index in [1.165, 1.54) is 18.4 Å². The van der Waals surface area contributed by atoms with E-state index in [-0.39, 0.29) is 0 Å². The summed E-state index contributed by atoms with van der Waals surface area (Å²) in [5.41, 5.74) is 3.28. The first-order valence-corrected chi connectivity index (χ1v) is 7.20. The van der Waals surface area contributed by atoms with E-state index in [0.717, 1.165) is 24.0 Å². The number of ether oxygens (including phenoxy) is 1. The van der Waals surface area contributed by atoms with Gasteiger partial charge in [0.1, 0.15) is 0 Å². The molecule has 0 unspecified atom stereocenters. The Morgan fingerprint density at radius 2 is 1.75 bits per heavy atom. The topological polar surface area (TPSA) is 34.1 Å². The molecule has 3 nitrogen and oxygen atoms in total. The van der Waals surface area contributed by atoms with Gasteiger partial charge in [0.2, 0.25) is 0 Å². The van der Waals surface area contributed by atoms with Crippen LogP contribution in [0.5, 0.6) is 0 Å². The molecule has 0 bridgehead atoms. The van der Waals surface area contributed by atoms with E-state index in [4.69, 9.17) is 4.74 Å². The number of hydrogen-bond acceptors (Lipinski definition) is 3. The number of nitrogens with one attached hydrogen (secondary N) is 1. The van der Waals surface area contributed by atoms with Gasteiger partial charge in [-0.15, -0.1) is 0 Å². The molecule has 1 N–H and O–H groups in total. The monoisotopic (exact) mass is 268 g/mol. The van der Waals surface area contributed by atoms with E-state index in [2.05, 4.69) is 34.6 Å². The molecule has 0 radical (unpaired) electrons. The molecule has 1 aliphatic carbocycles. The zero-order chi connectivity index (χ0) is 13.6. The van der Waals surface area contributed by atoms with Crippen LogP contribution in [0.15, 0.2) is 48.5 Å². The SMILES string of the molecule is c1ccc(COCc2cccc(CNC3CC3)n2)cc1. The summed E-state index contributed by atoms with van der Waals surface area (Å²) in [4.78, 5) is 4.62. The van der Waals surface area contributed by atoms with Crippen molar-refractivity contribution in [1.82, 2.24) is 10.3 Å². The third-order valence-electron chi connectivity index (χ3n) is 3.38. The van der Waals surface area contributed by atoms with Crippen LogP contribution in [0.4, 0.5) is 0 Å². The minimum atomic E-state index is 0.562. The Balaban J connectivity index is 1.47. The standard InChI is InChI=1S/C17H20N2O/c1-2-5-14(6-3-1)12-20-13-17-8-4-7-16(19-17)11-18-15-9-10-15/h1-8,15,18H,9-13H2. The summed E-state index contributed by atoms with van der Waals surface area (Å²) in [5.74, 6) is 0. The minimum Gasteiger partial charge on any atom is -0.370 e. The molecule has 1 heterocycles. The van der Waals surface area contributed by atoms with Crippen LogP contribution >= 0.6 is 0 Å². The van der Waals surface area contributed by atoms with Gasteiger partial charge in [-0.1, -0.05) is 36.4 Å². The summed E-state index contributed by atoms with van der Waals surface area (Å²) in [6.07, 6.45) is 2.61. The lowest BCUT2D eigenvalue weighted by Crippen LogP contribution is -2.16. The summed E-state index contributed by atoms with van der Waals surface area (Å²) in [7, 11) is 0. The Morgan fingerprint density at radius 1 is 0.950 bits per heavy atom. The molecule has 0 atom stereocenters. The highest BCUT2D eigenvalue weighted by Crippen LogP contribution is 2.19. The molecule has 1 saturated carbocycles. The second kappa shape index (κ2) is 6.64. The van der Waals surface area contributed by atoms with Crippen molar-refractivity contribution in [1.29, 1.82) is 0 Å². The lowest BCUT2D eigenvalue weighted by atomic mass is 10.2. The van der Waals surface area contributed by atoms with Crippen molar-refractivity contribution in [2.45, 2.75) is 38.6 Å². The molecule has 1 fully saturated rings. The first-order chi connectivity index (χ1) is 9.90. The van der Waals surface area contributed by atoms with Crippen molar-refractivity contribution >= 4 is 0 Å². The van der Waals surface area contributed by atoms with E-state index in [0.29, 0.717) is 13.2 Å². The van der Waals surface area contributed by atoms with E-state index in [1.54, 1.807) is 0 Å². The van der Waals surface area contributed by atoms with Gasteiger partial charge in [-0.2, -0.15) is 0 Å². The third-order valence-corrected chi connectivity index (χ3v) is 3.38. The molecular formula is C17H20N2O. The number of aromatic nitrogens is 1. The van der Waals surface area contributed by atoms with Gasteiger partial charge < -0.3 is 10.1 Å². The van der Waals surface area contributed by atoms with E-state index in [1.807, 2.05) is 24.3 Å². The largest absolute Gasteiger partial charge is 0.370 e. The summed E-state index contributed by atoms with van der Waals surface area (Å²) in [6, 6.07) is 17.1. The second-order valence-electron chi connectivity index (χ2n) is 5.25. The molecule has 104 valence electrons. The summed E-state index contributed by atoms with van der Waals surface area (Å²) < 4.78 is 5.72. The Kier molecular flexibility index (Phi) is 4.41. The Labute approximate surface area is 120 Å². The maximum Gasteiger partial charge on any atom is 0.0892 e. The fourth-order valence-electron chi connectivity index (χ4n) is 2.09. The van der Waals surface area contributed by atoms with Crippen LogP contribution in [-0.4, -0.2) is 11.0 Å². The van der Waals surface area contributed by atoms with Gasteiger partial charge in [0, 0.05) is 12.6 Å². The van der Waals surface area contributed by atoms with Crippen LogP contribution in [0.2, 0.25) is 0 Å². The first kappa shape index (κ1) is 13.3. The van der Waals surface area contributed by atoms with Gasteiger partial charge in [0.25, 0.3) is 0 Å². The van der Waals surface area contributed by atoms with Gasteiger partial charge in [0.05, 0.1) is 24.6 Å². The Hall–Kier alpha value is -1.71. The van der Waals surface area contributed by atoms with Crippen LogP contribution < -0.4 is 5.32 Å². The molecule has 0 spiro atoms. The fourth-order valence-corrected chi connectivity index (χ4v) is 2.09. The summed E-state index contributed by atoms with van der Waals surface area (Å²) in [5, 5.41) is 3.48. The van der Waals surface area contributed by atoms with Crippen LogP contribution in [0, 0.1) is 0 Å². The quantitative estimate of drug-likeness (QED) is 0.838. The average molecular weight is 268 g/mol. The van der Waals surface area contributed by atoms with Crippen molar-refractivity contribution in [3.05, 3.63) is 65.5 Å². The molecule has 3 heteroatoms. The molecule has 1 aromatic carbocycles. The van der Waals surface area contributed by atoms with Crippen molar-refractivity contribution < 1.29 is 4.74 Å². The van der Waals surface area contributed by atoms with Crippen molar-refractivity contribution in [2.75, 3.05) is 0 Å². The molecule has 0 saturated heterocycles. The van der Waals surface area contributed by atoms with E-state index < -0.39 is 0 Å². The van der Waals surface area contributed by atoms with Crippen molar-refractivity contribution in [2.24, 2.45) is 0 Å². The highest BCUT2D eigenvalue weighted by Gasteiger charge is 2.20. The molecule has 0 aliphatic heterocycles. The lowest BCUT2D eigenvalue weighted by Gasteiger charge is -2.07. The van der Waals surface area contributed by atoms with Crippen molar-refractivity contribution in [3.63, 3.8) is 0 Å². The molecule has 3 rings (SSSR count). The number of rotatable bonds is 7. The van der Waals surface area contributed by atoms with Crippen molar-refractivity contribution in [3.8, 4) is 0 Å². The predicted molar refractivity (Wildman–Crippen MR) is 79.0 cm³/mol. The maximum absolute atomic E-state index is 5.72. The molecular weight excluding hydrogens is 248 g/mol.